The zero-order valence-electron chi connectivity index (χ0n) is 25.4. The number of hydrogen-bond acceptors (Lipinski definition) is 12. The van der Waals surface area contributed by atoms with Gasteiger partial charge in [0.15, 0.2) is 0 Å². The summed E-state index contributed by atoms with van der Waals surface area (Å²) in [7, 11) is 0. The zero-order chi connectivity index (χ0) is 34.5. The summed E-state index contributed by atoms with van der Waals surface area (Å²) in [6.07, 6.45) is 0. The molecule has 2 aliphatic heterocycles. The molecule has 50 heavy (non-hydrogen) atoms. The molecular weight excluding hydrogens is 678 g/mol. The second kappa shape index (κ2) is 12.5. The third-order valence-corrected chi connectivity index (χ3v) is 10.6. The van der Waals surface area contributed by atoms with Crippen LogP contribution in [0.4, 0.5) is 0 Å². The molecule has 14 heteroatoms. The summed E-state index contributed by atoms with van der Waals surface area (Å²) >= 11 is -7.56. The first kappa shape index (κ1) is 31.3. The smallest absolute Gasteiger partial charge is 0.547 e. The Labute approximate surface area is 291 Å². The Bertz CT molecular complexity index is 2490. The minimum absolute atomic E-state index is 0.0827. The summed E-state index contributed by atoms with van der Waals surface area (Å²) in [6, 6.07) is 28.8. The molecule has 0 saturated heterocycles. The Morgan fingerprint density at radius 3 is 1.40 bits per heavy atom. The molecule has 2 heterocycles. The first-order chi connectivity index (χ1) is 24.2. The van der Waals surface area contributed by atoms with Crippen LogP contribution >= 0.6 is 0 Å². The highest BCUT2D eigenvalue weighted by molar-refractivity contribution is 6.47. The number of rotatable bonds is 4. The lowest BCUT2D eigenvalue weighted by Crippen LogP contribution is -2.37. The van der Waals surface area contributed by atoms with Crippen LogP contribution < -0.4 is 0 Å². The van der Waals surface area contributed by atoms with Crippen LogP contribution in [0.2, 0.25) is 0 Å². The van der Waals surface area contributed by atoms with Gasteiger partial charge in [0.2, 0.25) is 0 Å². The number of benzene rings is 6. The molecule has 0 N–H and O–H groups in total. The predicted octanol–water partition coefficient (Wildman–Crippen LogP) is 5.48. The number of hydrogen-bond donors (Lipinski definition) is 0. The standard InChI is InChI=1S/3C12H8O4.2Al/c3*13-11(14)8-5-7-3-1-2-4-9(7)10(6-8)12(15)16;;/h3*1-6H,(H,13,14)(H,15,16);;/q;;;2*+3/p-6. The van der Waals surface area contributed by atoms with Crippen molar-refractivity contribution in [2.45, 2.75) is 0 Å². The van der Waals surface area contributed by atoms with E-state index in [1.165, 1.54) is 24.3 Å². The van der Waals surface area contributed by atoms with Crippen molar-refractivity contribution >= 4 is 98.4 Å². The Hall–Kier alpha value is -6.02. The second-order valence-corrected chi connectivity index (χ2v) is 13.8. The van der Waals surface area contributed by atoms with Crippen LogP contribution in [0.1, 0.15) is 62.1 Å². The Kier molecular flexibility index (Phi) is 7.79. The molecule has 2 aliphatic rings. The van der Waals surface area contributed by atoms with E-state index in [-0.39, 0.29) is 33.4 Å². The van der Waals surface area contributed by atoms with Gasteiger partial charge < -0.3 is 22.7 Å². The molecular formula is C36H18Al2O12. The van der Waals surface area contributed by atoms with Crippen LogP contribution in [-0.2, 0) is 22.7 Å². The van der Waals surface area contributed by atoms with Crippen molar-refractivity contribution in [2.75, 3.05) is 0 Å². The van der Waals surface area contributed by atoms with Crippen LogP contribution in [0.15, 0.2) is 109 Å². The molecule has 0 fully saturated rings. The molecule has 0 aliphatic carbocycles. The minimum Gasteiger partial charge on any atom is -0.547 e. The van der Waals surface area contributed by atoms with Gasteiger partial charge >= 0.3 is 66.1 Å². The third-order valence-electron chi connectivity index (χ3n) is 8.17. The average molecular weight is 696 g/mol. The van der Waals surface area contributed by atoms with Crippen LogP contribution in [0, 0.1) is 0 Å². The van der Waals surface area contributed by atoms with Crippen molar-refractivity contribution in [3.8, 4) is 0 Å². The lowest BCUT2D eigenvalue weighted by molar-refractivity contribution is 0.0376. The zero-order valence-corrected chi connectivity index (χ0v) is 27.8. The maximum atomic E-state index is 13.6. The van der Waals surface area contributed by atoms with E-state index in [0.717, 1.165) is 0 Å². The molecule has 4 bridgehead atoms. The molecule has 0 atom stereocenters. The lowest BCUT2D eigenvalue weighted by atomic mass is 10.0. The summed E-state index contributed by atoms with van der Waals surface area (Å²) in [5, 5.41) is 3.09. The topological polar surface area (TPSA) is 158 Å². The van der Waals surface area contributed by atoms with E-state index in [0.29, 0.717) is 32.3 Å². The van der Waals surface area contributed by atoms with Gasteiger partial charge in [0.25, 0.3) is 0 Å². The fourth-order valence-electron chi connectivity index (χ4n) is 5.86. The normalized spacial score (nSPS) is 14.1. The molecule has 0 saturated carbocycles. The van der Waals surface area contributed by atoms with Gasteiger partial charge in [0.05, 0.1) is 33.4 Å². The average Bonchev–Trinajstić information content (AvgIpc) is 3.12. The lowest BCUT2D eigenvalue weighted by Gasteiger charge is -2.19. The van der Waals surface area contributed by atoms with Gasteiger partial charge in [-0.05, 0) is 68.7 Å². The molecule has 0 aromatic heterocycles. The van der Waals surface area contributed by atoms with Crippen molar-refractivity contribution in [1.29, 1.82) is 0 Å². The van der Waals surface area contributed by atoms with Crippen molar-refractivity contribution in [3.63, 3.8) is 0 Å². The summed E-state index contributed by atoms with van der Waals surface area (Å²) in [5.41, 5.74) is 0.0727. The predicted molar refractivity (Wildman–Crippen MR) is 176 cm³/mol. The van der Waals surface area contributed by atoms with E-state index in [1.807, 2.05) is 0 Å². The van der Waals surface area contributed by atoms with Gasteiger partial charge in [-0.25, -0.2) is 28.8 Å². The van der Waals surface area contributed by atoms with Gasteiger partial charge in [-0.15, -0.1) is 0 Å². The van der Waals surface area contributed by atoms with Crippen molar-refractivity contribution < 1.29 is 51.5 Å². The monoisotopic (exact) mass is 696 g/mol. The molecule has 0 radical (unpaired) electrons. The molecule has 0 spiro atoms. The van der Waals surface area contributed by atoms with Crippen molar-refractivity contribution in [2.24, 2.45) is 0 Å². The molecule has 0 amide bonds. The van der Waals surface area contributed by atoms with Gasteiger partial charge in [0.1, 0.15) is 0 Å². The van der Waals surface area contributed by atoms with Crippen LogP contribution in [0.3, 0.4) is 0 Å². The summed E-state index contributed by atoms with van der Waals surface area (Å²) in [5.74, 6) is -5.46. The minimum atomic E-state index is -3.79. The van der Waals surface area contributed by atoms with Crippen LogP contribution in [0.5, 0.6) is 0 Å². The molecule has 0 unspecified atom stereocenters. The largest absolute Gasteiger partial charge is 1.20 e. The highest BCUT2D eigenvalue weighted by Crippen LogP contribution is 2.28. The molecule has 240 valence electrons. The maximum absolute atomic E-state index is 13.6. The SMILES string of the molecule is O=C1[O][Al]([O]C(=O)c2cc(C(=O)[O][Al]3[O]C(=O)c4cc(c5ccccc5c4)C(=O)[O]3)c3ccccc3c2)[O]C(=O)c2cc1cc1ccccc21. The van der Waals surface area contributed by atoms with Gasteiger partial charge in [0, 0.05) is 0 Å². The van der Waals surface area contributed by atoms with E-state index in [1.54, 1.807) is 84.9 Å². The summed E-state index contributed by atoms with van der Waals surface area (Å²) in [6.45, 7) is 0. The van der Waals surface area contributed by atoms with Crippen LogP contribution in [0.25, 0.3) is 32.3 Å². The molecule has 6 aromatic rings. The van der Waals surface area contributed by atoms with E-state index in [4.69, 9.17) is 22.7 Å². The Balaban J connectivity index is 1.06. The van der Waals surface area contributed by atoms with Gasteiger partial charge in [-0.2, -0.15) is 0 Å². The van der Waals surface area contributed by atoms with Crippen molar-refractivity contribution in [3.05, 3.63) is 143 Å². The van der Waals surface area contributed by atoms with Crippen LogP contribution in [-0.4, -0.2) is 66.1 Å². The Morgan fingerprint density at radius 1 is 0.460 bits per heavy atom. The van der Waals surface area contributed by atoms with Gasteiger partial charge in [-0.1, -0.05) is 72.8 Å². The maximum Gasteiger partial charge on any atom is 1.20 e. The summed E-state index contributed by atoms with van der Waals surface area (Å²) < 4.78 is 32.4. The van der Waals surface area contributed by atoms with Gasteiger partial charge in [-0.3, -0.25) is 0 Å². The first-order valence-electron chi connectivity index (χ1n) is 15.1. The highest BCUT2D eigenvalue weighted by atomic mass is 27.3. The molecule has 12 nitrogen and oxygen atoms in total. The first-order valence-corrected chi connectivity index (χ1v) is 17.9. The third kappa shape index (κ3) is 5.73. The quantitative estimate of drug-likeness (QED) is 0.214. The fraction of sp³-hybridized carbons (Fsp3) is 0. The summed E-state index contributed by atoms with van der Waals surface area (Å²) in [4.78, 5) is 79.2. The number of carbonyl (C=O) groups excluding carboxylic acids is 6. The highest BCUT2D eigenvalue weighted by Gasteiger charge is 2.52. The van der Waals surface area contributed by atoms with E-state index < -0.39 is 66.1 Å². The number of carbonyl (C=O) groups is 6. The second-order valence-electron chi connectivity index (χ2n) is 11.2. The number of fused-ring (bicyclic) bond motifs is 9. The Morgan fingerprint density at radius 2 is 0.880 bits per heavy atom. The van der Waals surface area contributed by atoms with Crippen molar-refractivity contribution in [1.82, 2.24) is 0 Å². The van der Waals surface area contributed by atoms with E-state index in [2.05, 4.69) is 0 Å². The molecule has 8 rings (SSSR count). The fourth-order valence-corrected chi connectivity index (χ4v) is 7.98. The van der Waals surface area contributed by atoms with E-state index in [9.17, 15) is 28.8 Å². The van der Waals surface area contributed by atoms with E-state index >= 15 is 0 Å². The molecule has 6 aromatic carbocycles.